The number of hydrogen-bond acceptors (Lipinski definition) is 4. The monoisotopic (exact) mass is 367 g/mol. The lowest BCUT2D eigenvalue weighted by atomic mass is 9.95. The van der Waals surface area contributed by atoms with Crippen LogP contribution in [-0.2, 0) is 0 Å². The van der Waals surface area contributed by atoms with E-state index in [9.17, 15) is 19.7 Å². The van der Waals surface area contributed by atoms with Crippen molar-refractivity contribution < 1.29 is 4.92 Å². The summed E-state index contributed by atoms with van der Waals surface area (Å²) in [6.07, 6.45) is 0. The lowest BCUT2D eigenvalue weighted by Crippen LogP contribution is -2.22. The summed E-state index contributed by atoms with van der Waals surface area (Å²) >= 11 is 5.95. The van der Waals surface area contributed by atoms with E-state index in [0.29, 0.717) is 26.9 Å². The number of benzene rings is 3. The van der Waals surface area contributed by atoms with Gasteiger partial charge in [-0.25, -0.2) is 4.79 Å². The standard InChI is InChI=1S/C18H10ClN3O4/c19-11-3-1-9(2-4-11)15-13-6-5-12(22(25)26)7-10(13)8-14-16(15)20-18(24)21-17(14)23/h1-8H,(H2,20,21,23,24). The number of nitrogens with one attached hydrogen (secondary N) is 2. The molecule has 0 aliphatic rings. The molecule has 0 amide bonds. The van der Waals surface area contributed by atoms with E-state index >= 15 is 0 Å². The quantitative estimate of drug-likeness (QED) is 0.320. The molecule has 0 fully saturated rings. The number of H-pyrrole nitrogens is 2. The molecular weight excluding hydrogens is 358 g/mol. The van der Waals surface area contributed by atoms with E-state index in [1.165, 1.54) is 18.2 Å². The van der Waals surface area contributed by atoms with Gasteiger partial charge >= 0.3 is 5.69 Å². The molecule has 26 heavy (non-hydrogen) atoms. The van der Waals surface area contributed by atoms with Crippen molar-refractivity contribution in [2.45, 2.75) is 0 Å². The summed E-state index contributed by atoms with van der Waals surface area (Å²) in [6.45, 7) is 0. The molecule has 0 spiro atoms. The highest BCUT2D eigenvalue weighted by molar-refractivity contribution is 6.30. The van der Waals surface area contributed by atoms with Crippen molar-refractivity contribution in [2.24, 2.45) is 0 Å². The highest BCUT2D eigenvalue weighted by Gasteiger charge is 2.16. The normalized spacial score (nSPS) is 11.1. The van der Waals surface area contributed by atoms with Crippen molar-refractivity contribution in [3.05, 3.63) is 84.5 Å². The predicted molar refractivity (Wildman–Crippen MR) is 99.8 cm³/mol. The largest absolute Gasteiger partial charge is 0.326 e. The Balaban J connectivity index is 2.23. The van der Waals surface area contributed by atoms with Gasteiger partial charge in [0.15, 0.2) is 0 Å². The molecule has 4 rings (SSSR count). The van der Waals surface area contributed by atoms with Gasteiger partial charge in [0.05, 0.1) is 15.8 Å². The molecule has 0 unspecified atom stereocenters. The Morgan fingerprint density at radius 2 is 1.65 bits per heavy atom. The molecule has 1 heterocycles. The van der Waals surface area contributed by atoms with Crippen LogP contribution >= 0.6 is 11.6 Å². The molecule has 0 bridgehead atoms. The summed E-state index contributed by atoms with van der Waals surface area (Å²) < 4.78 is 0. The van der Waals surface area contributed by atoms with Crippen LogP contribution in [0.1, 0.15) is 0 Å². The first-order valence-corrected chi connectivity index (χ1v) is 7.95. The number of halogens is 1. The number of hydrogen-bond donors (Lipinski definition) is 2. The molecule has 0 aliphatic carbocycles. The van der Waals surface area contributed by atoms with Crippen molar-refractivity contribution >= 4 is 39.0 Å². The molecule has 7 nitrogen and oxygen atoms in total. The minimum Gasteiger partial charge on any atom is -0.306 e. The number of nitro benzene ring substituents is 1. The van der Waals surface area contributed by atoms with Crippen LogP contribution in [0.15, 0.2) is 58.1 Å². The van der Waals surface area contributed by atoms with Gasteiger partial charge in [0.25, 0.3) is 11.2 Å². The van der Waals surface area contributed by atoms with Gasteiger partial charge in [0.1, 0.15) is 0 Å². The van der Waals surface area contributed by atoms with Gasteiger partial charge < -0.3 is 4.98 Å². The fourth-order valence-electron chi connectivity index (χ4n) is 3.05. The average molecular weight is 368 g/mol. The molecule has 0 radical (unpaired) electrons. The van der Waals surface area contributed by atoms with E-state index in [0.717, 1.165) is 5.56 Å². The highest BCUT2D eigenvalue weighted by Crippen LogP contribution is 2.35. The van der Waals surface area contributed by atoms with Crippen LogP contribution in [0, 0.1) is 10.1 Å². The van der Waals surface area contributed by atoms with Gasteiger partial charge in [-0.1, -0.05) is 23.7 Å². The fourth-order valence-corrected chi connectivity index (χ4v) is 3.17. The molecule has 3 aromatic carbocycles. The second kappa shape index (κ2) is 5.82. The molecule has 4 aromatic rings. The van der Waals surface area contributed by atoms with Crippen molar-refractivity contribution in [3.63, 3.8) is 0 Å². The highest BCUT2D eigenvalue weighted by atomic mass is 35.5. The van der Waals surface area contributed by atoms with Crippen LogP contribution in [0.4, 0.5) is 5.69 Å². The Hall–Kier alpha value is -3.45. The van der Waals surface area contributed by atoms with E-state index in [2.05, 4.69) is 9.97 Å². The zero-order valence-electron chi connectivity index (χ0n) is 13.1. The average Bonchev–Trinajstić information content (AvgIpc) is 2.60. The molecule has 0 saturated heterocycles. The van der Waals surface area contributed by atoms with Crippen LogP contribution in [0.2, 0.25) is 5.02 Å². The van der Waals surface area contributed by atoms with Crippen molar-refractivity contribution in [1.29, 1.82) is 0 Å². The Morgan fingerprint density at radius 1 is 0.923 bits per heavy atom. The van der Waals surface area contributed by atoms with E-state index < -0.39 is 16.2 Å². The molecule has 0 saturated carbocycles. The van der Waals surface area contributed by atoms with Crippen LogP contribution in [0.5, 0.6) is 0 Å². The van der Waals surface area contributed by atoms with Crippen molar-refractivity contribution in [1.82, 2.24) is 9.97 Å². The minimum absolute atomic E-state index is 0.0836. The summed E-state index contributed by atoms with van der Waals surface area (Å²) in [5, 5.41) is 13.1. The zero-order valence-corrected chi connectivity index (χ0v) is 13.8. The lowest BCUT2D eigenvalue weighted by Gasteiger charge is -2.11. The zero-order chi connectivity index (χ0) is 18.4. The van der Waals surface area contributed by atoms with Gasteiger partial charge in [-0.05, 0) is 40.6 Å². The van der Waals surface area contributed by atoms with Gasteiger partial charge in [-0.3, -0.25) is 19.9 Å². The van der Waals surface area contributed by atoms with Crippen molar-refractivity contribution in [2.75, 3.05) is 0 Å². The topological polar surface area (TPSA) is 109 Å². The fraction of sp³-hybridized carbons (Fsp3) is 0. The molecule has 2 N–H and O–H groups in total. The van der Waals surface area contributed by atoms with Gasteiger partial charge in [-0.2, -0.15) is 0 Å². The number of fused-ring (bicyclic) bond motifs is 2. The smallest absolute Gasteiger partial charge is 0.306 e. The van der Waals surface area contributed by atoms with E-state index in [1.807, 2.05) is 0 Å². The molecule has 0 atom stereocenters. The second-order valence-electron chi connectivity index (χ2n) is 5.75. The Kier molecular flexibility index (Phi) is 3.59. The number of rotatable bonds is 2. The van der Waals surface area contributed by atoms with Crippen LogP contribution < -0.4 is 11.2 Å². The second-order valence-corrected chi connectivity index (χ2v) is 6.19. The lowest BCUT2D eigenvalue weighted by molar-refractivity contribution is -0.384. The SMILES string of the molecule is O=c1[nH]c(=O)c2cc3cc([N+](=O)[O-])ccc3c(-c3ccc(Cl)cc3)c2[nH]1. The summed E-state index contributed by atoms with van der Waals surface area (Å²) in [4.78, 5) is 39.5. The maximum atomic E-state index is 12.3. The third kappa shape index (κ3) is 2.55. The third-order valence-corrected chi connectivity index (χ3v) is 4.43. The number of non-ortho nitro benzene ring substituents is 1. The summed E-state index contributed by atoms with van der Waals surface area (Å²) in [5.74, 6) is 0. The number of aromatic amines is 2. The summed E-state index contributed by atoms with van der Waals surface area (Å²) in [7, 11) is 0. The van der Waals surface area contributed by atoms with Crippen LogP contribution in [0.3, 0.4) is 0 Å². The first-order chi connectivity index (χ1) is 12.4. The summed E-state index contributed by atoms with van der Waals surface area (Å²) in [6, 6.07) is 12.8. The minimum atomic E-state index is -0.626. The molecular formula is C18H10ClN3O4. The molecule has 128 valence electrons. The van der Waals surface area contributed by atoms with E-state index in [4.69, 9.17) is 11.6 Å². The third-order valence-electron chi connectivity index (χ3n) is 4.18. The maximum absolute atomic E-state index is 12.3. The molecule has 0 aliphatic heterocycles. The molecule has 1 aromatic heterocycles. The summed E-state index contributed by atoms with van der Waals surface area (Å²) in [5.41, 5.74) is 0.417. The number of aromatic nitrogens is 2. The Labute approximate surface area is 150 Å². The molecule has 8 heteroatoms. The van der Waals surface area contributed by atoms with Crippen molar-refractivity contribution in [3.8, 4) is 11.1 Å². The Bertz CT molecular complexity index is 1310. The maximum Gasteiger partial charge on any atom is 0.326 e. The van der Waals surface area contributed by atoms with Gasteiger partial charge in [-0.15, -0.1) is 0 Å². The first-order valence-electron chi connectivity index (χ1n) is 7.57. The number of nitrogens with zero attached hydrogens (tertiary/aromatic N) is 1. The first kappa shape index (κ1) is 16.0. The van der Waals surface area contributed by atoms with Gasteiger partial charge in [0, 0.05) is 22.7 Å². The van der Waals surface area contributed by atoms with E-state index in [-0.39, 0.29) is 11.1 Å². The number of nitro groups is 1. The predicted octanol–water partition coefficient (Wildman–Crippen LogP) is 3.60. The van der Waals surface area contributed by atoms with Gasteiger partial charge in [0.2, 0.25) is 0 Å². The van der Waals surface area contributed by atoms with Crippen LogP contribution in [-0.4, -0.2) is 14.9 Å². The Morgan fingerprint density at radius 3 is 2.35 bits per heavy atom. The van der Waals surface area contributed by atoms with E-state index in [1.54, 1.807) is 30.3 Å². The van der Waals surface area contributed by atoms with Crippen LogP contribution in [0.25, 0.3) is 32.8 Å².